The highest BCUT2D eigenvalue weighted by Crippen LogP contribution is 1.60. The van der Waals surface area contributed by atoms with Crippen LogP contribution in [0.2, 0.25) is 0 Å². The van der Waals surface area contributed by atoms with Crippen molar-refractivity contribution < 1.29 is 78.4 Å². The van der Waals surface area contributed by atoms with Crippen molar-refractivity contribution in [2.75, 3.05) is 0 Å². The highest BCUT2D eigenvalue weighted by atomic mass is 35.7. The van der Waals surface area contributed by atoms with Gasteiger partial charge in [-0.2, -0.15) is 14.0 Å². The van der Waals surface area contributed by atoms with Crippen molar-refractivity contribution in [1.29, 1.82) is 0 Å². The van der Waals surface area contributed by atoms with Crippen LogP contribution in [-0.2, 0) is 0 Å². The third-order valence-electron chi connectivity index (χ3n) is 0. The lowest BCUT2D eigenvalue weighted by molar-refractivity contribution is -1.92. The Morgan fingerprint density at radius 1 is 0.769 bits per heavy atom. The fourth-order valence-electron chi connectivity index (χ4n) is 0. The minimum atomic E-state index is -4.69. The van der Waals surface area contributed by atoms with E-state index in [9.17, 15) is 0 Å². The molecule has 10 nitrogen and oxygen atoms in total. The first-order valence-electron chi connectivity index (χ1n) is 1.59. The molecule has 84 valence electrons. The SMILES string of the molecule is [O-][Cl+2]([O-])O.[O-][Cl+2]([O-])O.[O-][Cl+3]([O-])([O-])O. The first kappa shape index (κ1) is 19.1. The largest absolute Gasteiger partial charge is 0.321 e. The molecule has 0 aliphatic carbocycles. The lowest BCUT2D eigenvalue weighted by Gasteiger charge is -2.03. The maximum atomic E-state index is 8.60. The van der Waals surface area contributed by atoms with Gasteiger partial charge in [0, 0.05) is 9.32 Å². The highest BCUT2D eigenvalue weighted by molar-refractivity contribution is 2.15. The van der Waals surface area contributed by atoms with E-state index in [-0.39, 0.29) is 0 Å². The molecule has 0 heterocycles. The molecule has 0 aromatic carbocycles. The Hall–Kier alpha value is 0.470. The molecule has 13 heteroatoms. The number of halogens is 3. The van der Waals surface area contributed by atoms with Gasteiger partial charge in [0.25, 0.3) is 21.6 Å². The van der Waals surface area contributed by atoms with Gasteiger partial charge in [0.15, 0.2) is 0 Å². The summed E-state index contributed by atoms with van der Waals surface area (Å²) in [6.45, 7) is 0. The summed E-state index contributed by atoms with van der Waals surface area (Å²) in [5, 5.41) is 0. The molecule has 0 spiro atoms. The van der Waals surface area contributed by atoms with Gasteiger partial charge < -0.3 is 18.6 Å². The topological polar surface area (TPSA) is 222 Å². The van der Waals surface area contributed by atoms with Crippen molar-refractivity contribution in [2.24, 2.45) is 0 Å². The molecule has 0 aliphatic heterocycles. The van der Waals surface area contributed by atoms with Crippen LogP contribution in [0.4, 0.5) is 0 Å². The van der Waals surface area contributed by atoms with Crippen molar-refractivity contribution in [3.63, 3.8) is 0 Å². The van der Waals surface area contributed by atoms with E-state index in [2.05, 4.69) is 0 Å². The second-order valence-corrected chi connectivity index (χ2v) is 2.39. The van der Waals surface area contributed by atoms with E-state index >= 15 is 0 Å². The Bertz CT molecular complexity index is 65.2. The lowest BCUT2D eigenvalue weighted by Crippen LogP contribution is -2.58. The fourth-order valence-corrected chi connectivity index (χ4v) is 0. The van der Waals surface area contributed by atoms with Crippen molar-refractivity contribution in [3.8, 4) is 0 Å². The Balaban J connectivity index is -0.000000117. The van der Waals surface area contributed by atoms with Crippen LogP contribution in [0, 0.1) is 31.8 Å². The summed E-state index contributed by atoms with van der Waals surface area (Å²) in [6.07, 6.45) is 0. The number of hydrogen-bond donors (Lipinski definition) is 3. The molecule has 0 radical (unpaired) electrons. The molecule has 0 bridgehead atoms. The predicted molar refractivity (Wildman–Crippen MR) is 6.66 cm³/mol. The van der Waals surface area contributed by atoms with Crippen molar-refractivity contribution in [1.82, 2.24) is 0 Å². The van der Waals surface area contributed by atoms with Crippen molar-refractivity contribution >= 4 is 0 Å². The van der Waals surface area contributed by atoms with Gasteiger partial charge >= 0.3 is 0 Å². The zero-order chi connectivity index (χ0) is 11.7. The molecule has 0 amide bonds. The van der Waals surface area contributed by atoms with Gasteiger partial charge in [-0.3, -0.25) is 0 Å². The predicted octanol–water partition coefficient (Wildman–Crippen LogP) is -9.99. The molecule has 0 unspecified atom stereocenters. The molecule has 0 saturated heterocycles. The van der Waals surface area contributed by atoms with E-state index in [1.165, 1.54) is 0 Å². The van der Waals surface area contributed by atoms with Crippen LogP contribution >= 0.6 is 0 Å². The minimum absolute atomic E-state index is 2.60. The van der Waals surface area contributed by atoms with Gasteiger partial charge in [-0.25, -0.2) is 0 Å². The maximum Gasteiger partial charge on any atom is 0.282 e. The normalized spacial score (nSPS) is 10.2. The van der Waals surface area contributed by atoms with Crippen LogP contribution in [0.1, 0.15) is 0 Å². The van der Waals surface area contributed by atoms with Gasteiger partial charge in [0.05, 0.1) is 14.9 Å². The molecule has 13 heavy (non-hydrogen) atoms. The summed E-state index contributed by atoms with van der Waals surface area (Å²) < 4.78 is 80.7. The van der Waals surface area contributed by atoms with E-state index < -0.39 is 31.8 Å². The summed E-state index contributed by atoms with van der Waals surface area (Å²) >= 11 is 0. The van der Waals surface area contributed by atoms with E-state index in [1.54, 1.807) is 0 Å². The molecule has 0 aliphatic rings. The molecule has 0 aromatic heterocycles. The molecule has 0 fully saturated rings. The number of hydrogen-bond acceptors (Lipinski definition) is 10. The van der Waals surface area contributed by atoms with Crippen LogP contribution in [-0.4, -0.2) is 14.0 Å². The van der Waals surface area contributed by atoms with E-state index in [1.807, 2.05) is 0 Å². The zero-order valence-electron chi connectivity index (χ0n) is 5.33. The zero-order valence-corrected chi connectivity index (χ0v) is 7.60. The van der Waals surface area contributed by atoms with Gasteiger partial charge in [0.2, 0.25) is 0 Å². The number of rotatable bonds is 0. The van der Waals surface area contributed by atoms with E-state index in [4.69, 9.17) is 46.6 Å². The molecule has 0 aromatic rings. The third kappa shape index (κ3) is 6190. The molecular formula is H3Cl3O10. The maximum absolute atomic E-state index is 8.60. The molecule has 0 atom stereocenters. The van der Waals surface area contributed by atoms with Crippen LogP contribution < -0.4 is 32.6 Å². The molecule has 3 N–H and O–H groups in total. The van der Waals surface area contributed by atoms with Crippen LogP contribution in [0.15, 0.2) is 0 Å². The summed E-state index contributed by atoms with van der Waals surface area (Å²) in [7, 11) is -9.90. The van der Waals surface area contributed by atoms with Crippen LogP contribution in [0.5, 0.6) is 0 Å². The summed E-state index contributed by atoms with van der Waals surface area (Å²) in [5.41, 5.74) is 0. The smallest absolute Gasteiger partial charge is 0.282 e. The molecular weight excluding hydrogens is 266 g/mol. The molecule has 0 saturated carbocycles. The Morgan fingerprint density at radius 3 is 0.769 bits per heavy atom. The minimum Gasteiger partial charge on any atom is -0.321 e. The Labute approximate surface area is 79.1 Å². The first-order chi connectivity index (χ1) is 5.46. The average molecular weight is 269 g/mol. The fraction of sp³-hybridized carbons (Fsp3) is 0. The first-order valence-corrected chi connectivity index (χ1v) is 4.76. The summed E-state index contributed by atoms with van der Waals surface area (Å²) in [5.74, 6) is 0. The monoisotopic (exact) mass is 268 g/mol. The van der Waals surface area contributed by atoms with Gasteiger partial charge in [-0.1, -0.05) is 0 Å². The summed E-state index contributed by atoms with van der Waals surface area (Å²) in [4.78, 5) is 0. The van der Waals surface area contributed by atoms with E-state index in [0.29, 0.717) is 0 Å². The van der Waals surface area contributed by atoms with Gasteiger partial charge in [0.1, 0.15) is 0 Å². The second kappa shape index (κ2) is 10.6. The third-order valence-corrected chi connectivity index (χ3v) is 0. The highest BCUT2D eigenvalue weighted by Gasteiger charge is 1.98. The summed E-state index contributed by atoms with van der Waals surface area (Å²) in [6, 6.07) is 0. The average Bonchev–Trinajstić information content (AvgIpc) is 1.50. The van der Waals surface area contributed by atoms with Crippen LogP contribution in [0.25, 0.3) is 0 Å². The molecule has 0 rings (SSSR count). The Morgan fingerprint density at radius 2 is 0.769 bits per heavy atom. The standard InChI is InChI=1S/ClHO4.2ClHO3/c2-1(3,4)5;2*2-1(3)4/h(H,2,3,4,5);2*2H. The second-order valence-electron chi connectivity index (χ2n) is 0.798. The van der Waals surface area contributed by atoms with Crippen LogP contribution in [0.3, 0.4) is 0 Å². The van der Waals surface area contributed by atoms with E-state index in [0.717, 1.165) is 0 Å². The van der Waals surface area contributed by atoms with Gasteiger partial charge in [-0.05, 0) is 0 Å². The lowest BCUT2D eigenvalue weighted by atomic mass is 15.8. The van der Waals surface area contributed by atoms with Crippen molar-refractivity contribution in [2.45, 2.75) is 0 Å². The Kier molecular flexibility index (Phi) is 15.5. The van der Waals surface area contributed by atoms with Gasteiger partial charge in [-0.15, -0.1) is 0 Å². The quantitative estimate of drug-likeness (QED) is 0.376. The van der Waals surface area contributed by atoms with Crippen molar-refractivity contribution in [3.05, 3.63) is 0 Å².